The van der Waals surface area contributed by atoms with Crippen molar-refractivity contribution in [3.8, 4) is 17.2 Å². The number of fused-ring (bicyclic) bond motifs is 4. The molecular weight excluding hydrogens is 515 g/mol. The summed E-state index contributed by atoms with van der Waals surface area (Å²) >= 11 is 0. The zero-order valence-corrected chi connectivity index (χ0v) is 21.9. The van der Waals surface area contributed by atoms with Gasteiger partial charge in [0.15, 0.2) is 17.3 Å². The Labute approximate surface area is 229 Å². The number of aliphatic hydroxyl groups is 1. The summed E-state index contributed by atoms with van der Waals surface area (Å²) in [6.45, 7) is 4.64. The minimum atomic E-state index is -0.568. The molecule has 0 aliphatic carbocycles. The third-order valence-electron chi connectivity index (χ3n) is 8.12. The molecule has 0 saturated carbocycles. The Morgan fingerprint density at radius 1 is 0.950 bits per heavy atom. The largest absolute Gasteiger partial charge is 0.451 e. The van der Waals surface area contributed by atoms with Gasteiger partial charge in [0, 0.05) is 57.4 Å². The van der Waals surface area contributed by atoms with Crippen molar-refractivity contribution in [3.05, 3.63) is 70.3 Å². The van der Waals surface area contributed by atoms with Crippen molar-refractivity contribution in [2.75, 3.05) is 70.5 Å². The van der Waals surface area contributed by atoms with E-state index in [0.29, 0.717) is 81.7 Å². The summed E-state index contributed by atoms with van der Waals surface area (Å²) < 4.78 is 29.7. The van der Waals surface area contributed by atoms with Gasteiger partial charge in [-0.3, -0.25) is 14.5 Å². The van der Waals surface area contributed by atoms with E-state index in [1.807, 2.05) is 45.9 Å². The molecule has 206 valence electrons. The molecule has 4 aromatic rings. The molecule has 0 atom stereocenters. The van der Waals surface area contributed by atoms with Crippen molar-refractivity contribution >= 4 is 33.3 Å². The lowest BCUT2D eigenvalue weighted by molar-refractivity contribution is 0.0302. The third kappa shape index (κ3) is 3.94. The molecule has 0 spiro atoms. The highest BCUT2D eigenvalue weighted by Crippen LogP contribution is 2.48. The maximum Gasteiger partial charge on any atom is 0.259 e. The molecule has 1 aromatic heterocycles. The van der Waals surface area contributed by atoms with Crippen molar-refractivity contribution in [2.45, 2.75) is 0 Å². The van der Waals surface area contributed by atoms with Crippen LogP contribution in [-0.2, 0) is 4.74 Å². The van der Waals surface area contributed by atoms with Crippen molar-refractivity contribution in [2.24, 2.45) is 0 Å². The maximum absolute atomic E-state index is 16.0. The Hall–Kier alpha value is -3.99. The number of aromatic nitrogens is 1. The molecule has 3 aliphatic heterocycles. The molecule has 7 rings (SSSR count). The number of carbonyl (C=O) groups is 1. The molecule has 4 heterocycles. The second kappa shape index (κ2) is 9.88. The Morgan fingerprint density at radius 3 is 2.50 bits per heavy atom. The number of anilines is 1. The van der Waals surface area contributed by atoms with Gasteiger partial charge in [-0.25, -0.2) is 4.39 Å². The van der Waals surface area contributed by atoms with E-state index in [2.05, 4.69) is 4.90 Å². The van der Waals surface area contributed by atoms with Gasteiger partial charge in [0.25, 0.3) is 5.91 Å². The number of ether oxygens (including phenoxy) is 2. The van der Waals surface area contributed by atoms with Crippen LogP contribution in [0, 0.1) is 5.82 Å². The first-order valence-electron chi connectivity index (χ1n) is 13.6. The number of β-amino-alcohol motifs (C(OH)–C–C–N with tert-alkyl or cyclic N) is 1. The highest BCUT2D eigenvalue weighted by atomic mass is 19.1. The van der Waals surface area contributed by atoms with Gasteiger partial charge in [-0.1, -0.05) is 30.3 Å². The normalized spacial score (nSPS) is 17.2. The van der Waals surface area contributed by atoms with E-state index in [-0.39, 0.29) is 23.3 Å². The van der Waals surface area contributed by atoms with Gasteiger partial charge < -0.3 is 28.9 Å². The topological polar surface area (TPSA) is 87.5 Å². The van der Waals surface area contributed by atoms with Gasteiger partial charge in [0.2, 0.25) is 5.43 Å². The first-order valence-corrected chi connectivity index (χ1v) is 13.6. The number of morpholine rings is 1. The molecule has 0 unspecified atom stereocenters. The molecule has 9 nitrogen and oxygen atoms in total. The number of carbonyl (C=O) groups excluding carboxylic acids is 1. The number of nitrogens with zero attached hydrogens (tertiary/aromatic N) is 4. The first kappa shape index (κ1) is 25.0. The molecule has 1 N–H and O–H groups in total. The molecule has 3 aliphatic rings. The highest BCUT2D eigenvalue weighted by molar-refractivity contribution is 6.04. The smallest absolute Gasteiger partial charge is 0.259 e. The number of pyridine rings is 1. The zero-order valence-electron chi connectivity index (χ0n) is 21.9. The summed E-state index contributed by atoms with van der Waals surface area (Å²) in [6, 6.07) is 12.9. The van der Waals surface area contributed by atoms with E-state index in [9.17, 15) is 14.7 Å². The molecule has 3 aromatic carbocycles. The molecule has 2 fully saturated rings. The molecule has 10 heteroatoms. The molecule has 0 bridgehead atoms. The van der Waals surface area contributed by atoms with E-state index < -0.39 is 17.2 Å². The summed E-state index contributed by atoms with van der Waals surface area (Å²) in [5, 5.41) is 11.3. The van der Waals surface area contributed by atoms with Gasteiger partial charge in [0.1, 0.15) is 16.8 Å². The number of amides is 1. The average Bonchev–Trinajstić information content (AvgIpc) is 2.99. The average molecular weight is 545 g/mol. The van der Waals surface area contributed by atoms with Crippen LogP contribution in [0.15, 0.2) is 53.5 Å². The van der Waals surface area contributed by atoms with Crippen LogP contribution in [0.2, 0.25) is 0 Å². The van der Waals surface area contributed by atoms with Crippen LogP contribution in [0.5, 0.6) is 11.5 Å². The number of hydrogen-bond acceptors (Lipinski definition) is 7. The highest BCUT2D eigenvalue weighted by Gasteiger charge is 2.33. The van der Waals surface area contributed by atoms with Crippen molar-refractivity contribution in [3.63, 3.8) is 0 Å². The van der Waals surface area contributed by atoms with Crippen LogP contribution in [0.25, 0.3) is 27.4 Å². The van der Waals surface area contributed by atoms with Gasteiger partial charge in [0.05, 0.1) is 30.9 Å². The molecule has 40 heavy (non-hydrogen) atoms. The summed E-state index contributed by atoms with van der Waals surface area (Å²) in [7, 11) is 0. The molecular formula is C30H29FN4O5. The number of benzene rings is 3. The number of hydrogen-bond donors (Lipinski definition) is 1. The summed E-state index contributed by atoms with van der Waals surface area (Å²) in [4.78, 5) is 33.1. The van der Waals surface area contributed by atoms with Gasteiger partial charge in [-0.15, -0.1) is 0 Å². The van der Waals surface area contributed by atoms with Crippen molar-refractivity contribution < 1.29 is 23.8 Å². The van der Waals surface area contributed by atoms with Crippen LogP contribution in [0.1, 0.15) is 10.4 Å². The van der Waals surface area contributed by atoms with Crippen LogP contribution in [-0.4, -0.2) is 91.0 Å². The zero-order chi connectivity index (χ0) is 27.4. The van der Waals surface area contributed by atoms with Gasteiger partial charge in [-0.2, -0.15) is 0 Å². The minimum absolute atomic E-state index is 0.00842. The number of halogens is 1. The Bertz CT molecular complexity index is 1710. The summed E-state index contributed by atoms with van der Waals surface area (Å²) in [5.41, 5.74) is 0.925. The Balaban J connectivity index is 1.47. The number of piperazine rings is 1. The van der Waals surface area contributed by atoms with E-state index in [1.54, 1.807) is 11.1 Å². The van der Waals surface area contributed by atoms with Gasteiger partial charge in [-0.05, 0) is 17.5 Å². The maximum atomic E-state index is 16.0. The SMILES string of the molecule is O=C(c1cn2c3c(c(N4CCN(CCO)CC4)c(F)cc3c1=O)Oc1ccc3ccccc3c1-2)N1CCOCC1. The second-order valence-electron chi connectivity index (χ2n) is 10.4. The van der Waals surface area contributed by atoms with Crippen molar-refractivity contribution in [1.29, 1.82) is 0 Å². The fourth-order valence-electron chi connectivity index (χ4n) is 6.09. The lowest BCUT2D eigenvalue weighted by atomic mass is 10.0. The van der Waals surface area contributed by atoms with E-state index in [0.717, 1.165) is 10.8 Å². The van der Waals surface area contributed by atoms with E-state index >= 15 is 4.39 Å². The monoisotopic (exact) mass is 544 g/mol. The molecule has 2 saturated heterocycles. The standard InChI is InChI=1S/C30H29FN4O5/c31-23-17-21-26-29(27(23)33-9-7-32(8-10-33)11-14-36)40-24-6-5-19-3-1-2-4-20(19)25(24)35(26)18-22(28(21)37)30(38)34-12-15-39-16-13-34/h1-6,17-18,36H,7-16H2. The first-order chi connectivity index (χ1) is 19.5. The van der Waals surface area contributed by atoms with E-state index in [1.165, 1.54) is 6.07 Å². The van der Waals surface area contributed by atoms with Crippen LogP contribution in [0.4, 0.5) is 10.1 Å². The summed E-state index contributed by atoms with van der Waals surface area (Å²) in [5.74, 6) is -0.164. The van der Waals surface area contributed by atoms with E-state index in [4.69, 9.17) is 9.47 Å². The second-order valence-corrected chi connectivity index (χ2v) is 10.4. The van der Waals surface area contributed by atoms with Crippen LogP contribution < -0.4 is 15.1 Å². The predicted octanol–water partition coefficient (Wildman–Crippen LogP) is 2.98. The third-order valence-corrected chi connectivity index (χ3v) is 8.12. The lowest BCUT2D eigenvalue weighted by Crippen LogP contribution is -2.47. The minimum Gasteiger partial charge on any atom is -0.451 e. The fraction of sp³-hybridized carbons (Fsp3) is 0.333. The lowest BCUT2D eigenvalue weighted by Gasteiger charge is -2.37. The molecule has 1 amide bonds. The Kier molecular flexibility index (Phi) is 6.18. The Morgan fingerprint density at radius 2 is 1.73 bits per heavy atom. The van der Waals surface area contributed by atoms with Crippen LogP contribution >= 0.6 is 0 Å². The molecule has 0 radical (unpaired) electrons. The number of aliphatic hydroxyl groups excluding tert-OH is 1. The van der Waals surface area contributed by atoms with Crippen LogP contribution in [0.3, 0.4) is 0 Å². The predicted molar refractivity (Wildman–Crippen MR) is 150 cm³/mol. The number of rotatable bonds is 4. The van der Waals surface area contributed by atoms with Crippen molar-refractivity contribution in [1.82, 2.24) is 14.4 Å². The fourth-order valence-corrected chi connectivity index (χ4v) is 6.09. The summed E-state index contributed by atoms with van der Waals surface area (Å²) in [6.07, 6.45) is 1.60. The van der Waals surface area contributed by atoms with Gasteiger partial charge >= 0.3 is 0 Å². The quantitative estimate of drug-likeness (QED) is 0.372.